The molecule has 1 heterocycles. The van der Waals surface area contributed by atoms with E-state index in [4.69, 9.17) is 4.74 Å². The van der Waals surface area contributed by atoms with Gasteiger partial charge in [-0.2, -0.15) is 5.10 Å². The molecule has 0 spiro atoms. The third-order valence-electron chi connectivity index (χ3n) is 2.19. The Balaban J connectivity index is 2.30. The van der Waals surface area contributed by atoms with Crippen LogP contribution in [0.4, 0.5) is 4.39 Å². The predicted molar refractivity (Wildman–Crippen MR) is 56.3 cm³/mol. The van der Waals surface area contributed by atoms with Crippen molar-refractivity contribution in [2.45, 2.75) is 13.5 Å². The fourth-order valence-electron chi connectivity index (χ4n) is 1.50. The van der Waals surface area contributed by atoms with Gasteiger partial charge in [0, 0.05) is 5.39 Å². The zero-order valence-electron chi connectivity index (χ0n) is 8.81. The Morgan fingerprint density at radius 1 is 1.56 bits per heavy atom. The van der Waals surface area contributed by atoms with Gasteiger partial charge >= 0.3 is 5.97 Å². The topological polar surface area (TPSA) is 44.1 Å². The van der Waals surface area contributed by atoms with Gasteiger partial charge in [-0.25, -0.2) is 4.39 Å². The Kier molecular flexibility index (Phi) is 2.85. The molecule has 0 atom stereocenters. The number of hydrogen-bond acceptors (Lipinski definition) is 3. The van der Waals surface area contributed by atoms with Crippen molar-refractivity contribution in [3.63, 3.8) is 0 Å². The van der Waals surface area contributed by atoms with Crippen LogP contribution in [0, 0.1) is 5.82 Å². The Labute approximate surface area is 91.6 Å². The van der Waals surface area contributed by atoms with Crippen LogP contribution in [0.25, 0.3) is 10.9 Å². The molecule has 4 nitrogen and oxygen atoms in total. The molecule has 84 valence electrons. The number of aromatic nitrogens is 2. The Morgan fingerprint density at radius 3 is 3.12 bits per heavy atom. The summed E-state index contributed by atoms with van der Waals surface area (Å²) >= 11 is 0. The second-order valence-electron chi connectivity index (χ2n) is 3.31. The first-order valence-corrected chi connectivity index (χ1v) is 4.97. The molecule has 5 heteroatoms. The molecule has 2 aromatic rings. The van der Waals surface area contributed by atoms with Crippen LogP contribution in [-0.4, -0.2) is 22.4 Å². The zero-order chi connectivity index (χ0) is 11.5. The molecule has 0 bridgehead atoms. The van der Waals surface area contributed by atoms with Gasteiger partial charge in [-0.05, 0) is 25.1 Å². The van der Waals surface area contributed by atoms with Crippen molar-refractivity contribution in [2.75, 3.05) is 6.61 Å². The van der Waals surface area contributed by atoms with E-state index in [2.05, 4.69) is 5.10 Å². The van der Waals surface area contributed by atoms with E-state index in [9.17, 15) is 9.18 Å². The van der Waals surface area contributed by atoms with E-state index in [1.807, 2.05) is 0 Å². The van der Waals surface area contributed by atoms with E-state index >= 15 is 0 Å². The Bertz CT molecular complexity index is 522. The molecule has 0 saturated heterocycles. The molecule has 2 rings (SSSR count). The largest absolute Gasteiger partial charge is 0.465 e. The number of carbonyl (C=O) groups is 1. The van der Waals surface area contributed by atoms with Crippen LogP contribution in [0.1, 0.15) is 6.92 Å². The summed E-state index contributed by atoms with van der Waals surface area (Å²) in [6.45, 7) is 2.06. The lowest BCUT2D eigenvalue weighted by molar-refractivity contribution is -0.143. The van der Waals surface area contributed by atoms with Crippen LogP contribution in [0.3, 0.4) is 0 Å². The summed E-state index contributed by atoms with van der Waals surface area (Å²) in [4.78, 5) is 11.3. The number of nitrogens with zero attached hydrogens (tertiary/aromatic N) is 2. The van der Waals surface area contributed by atoms with Crippen LogP contribution < -0.4 is 0 Å². The SMILES string of the molecule is CCOC(=O)Cn1ncc2ccc(F)cc21. The smallest absolute Gasteiger partial charge is 0.327 e. The molecule has 0 aliphatic heterocycles. The summed E-state index contributed by atoms with van der Waals surface area (Å²) in [7, 11) is 0. The minimum atomic E-state index is -0.378. The summed E-state index contributed by atoms with van der Waals surface area (Å²) < 4.78 is 19.3. The standard InChI is InChI=1S/C11H11FN2O2/c1-2-16-11(15)7-14-10-5-9(12)4-3-8(10)6-13-14/h3-6H,2,7H2,1H3. The van der Waals surface area contributed by atoms with Gasteiger partial charge in [-0.15, -0.1) is 0 Å². The second-order valence-corrected chi connectivity index (χ2v) is 3.31. The van der Waals surface area contributed by atoms with E-state index in [1.165, 1.54) is 16.8 Å². The molecule has 1 aromatic carbocycles. The maximum atomic E-state index is 13.0. The first-order valence-electron chi connectivity index (χ1n) is 4.97. The van der Waals surface area contributed by atoms with Crippen LogP contribution >= 0.6 is 0 Å². The monoisotopic (exact) mass is 222 g/mol. The maximum Gasteiger partial charge on any atom is 0.327 e. The lowest BCUT2D eigenvalue weighted by Gasteiger charge is -2.03. The summed E-state index contributed by atoms with van der Waals surface area (Å²) in [5, 5.41) is 4.80. The highest BCUT2D eigenvalue weighted by Gasteiger charge is 2.08. The fraction of sp³-hybridized carbons (Fsp3) is 0.273. The highest BCUT2D eigenvalue weighted by atomic mass is 19.1. The van der Waals surface area contributed by atoms with Gasteiger partial charge in [0.2, 0.25) is 0 Å². The van der Waals surface area contributed by atoms with E-state index in [0.717, 1.165) is 5.39 Å². The summed E-state index contributed by atoms with van der Waals surface area (Å²) in [5.74, 6) is -0.727. The quantitative estimate of drug-likeness (QED) is 0.743. The number of fused-ring (bicyclic) bond motifs is 1. The second kappa shape index (κ2) is 4.30. The van der Waals surface area contributed by atoms with Crippen molar-refractivity contribution in [1.29, 1.82) is 0 Å². The van der Waals surface area contributed by atoms with Gasteiger partial charge in [-0.1, -0.05) is 0 Å². The normalized spacial score (nSPS) is 10.6. The molecule has 0 aliphatic rings. The number of esters is 1. The average Bonchev–Trinajstić information content (AvgIpc) is 2.61. The zero-order valence-corrected chi connectivity index (χ0v) is 8.81. The molecule has 0 saturated carbocycles. The number of ether oxygens (including phenoxy) is 1. The van der Waals surface area contributed by atoms with Crippen molar-refractivity contribution < 1.29 is 13.9 Å². The van der Waals surface area contributed by atoms with Crippen molar-refractivity contribution >= 4 is 16.9 Å². The maximum absolute atomic E-state index is 13.0. The van der Waals surface area contributed by atoms with Gasteiger partial charge in [0.25, 0.3) is 0 Å². The van der Waals surface area contributed by atoms with E-state index in [0.29, 0.717) is 12.1 Å². The molecule has 16 heavy (non-hydrogen) atoms. The van der Waals surface area contributed by atoms with Crippen molar-refractivity contribution in [1.82, 2.24) is 9.78 Å². The third kappa shape index (κ3) is 2.03. The minimum Gasteiger partial charge on any atom is -0.465 e. The molecule has 1 aromatic heterocycles. The van der Waals surface area contributed by atoms with Crippen LogP contribution in [0.2, 0.25) is 0 Å². The third-order valence-corrected chi connectivity index (χ3v) is 2.19. The van der Waals surface area contributed by atoms with E-state index in [1.54, 1.807) is 19.2 Å². The highest BCUT2D eigenvalue weighted by molar-refractivity contribution is 5.80. The fourth-order valence-corrected chi connectivity index (χ4v) is 1.50. The lowest BCUT2D eigenvalue weighted by Crippen LogP contribution is -2.14. The molecule has 0 fully saturated rings. The molecule has 0 amide bonds. The number of rotatable bonds is 3. The van der Waals surface area contributed by atoms with Crippen LogP contribution in [0.15, 0.2) is 24.4 Å². The molecule has 0 aliphatic carbocycles. The minimum absolute atomic E-state index is 0.000787. The molecule has 0 unspecified atom stereocenters. The summed E-state index contributed by atoms with van der Waals surface area (Å²) in [6, 6.07) is 4.33. The van der Waals surface area contributed by atoms with Gasteiger partial charge < -0.3 is 4.74 Å². The number of benzene rings is 1. The van der Waals surface area contributed by atoms with E-state index < -0.39 is 0 Å². The lowest BCUT2D eigenvalue weighted by atomic mass is 10.2. The predicted octanol–water partition coefficient (Wildman–Crippen LogP) is 1.74. The first kappa shape index (κ1) is 10.6. The number of hydrogen-bond donors (Lipinski definition) is 0. The van der Waals surface area contributed by atoms with Gasteiger partial charge in [0.1, 0.15) is 12.4 Å². The van der Waals surface area contributed by atoms with Crippen molar-refractivity contribution in [3.05, 3.63) is 30.2 Å². The van der Waals surface area contributed by atoms with Gasteiger partial charge in [-0.3, -0.25) is 9.48 Å². The van der Waals surface area contributed by atoms with Gasteiger partial charge in [0.05, 0.1) is 18.3 Å². The Hall–Kier alpha value is -1.91. The van der Waals surface area contributed by atoms with Crippen molar-refractivity contribution in [3.8, 4) is 0 Å². The molecular formula is C11H11FN2O2. The summed E-state index contributed by atoms with van der Waals surface area (Å²) in [6.07, 6.45) is 1.59. The van der Waals surface area contributed by atoms with Crippen molar-refractivity contribution in [2.24, 2.45) is 0 Å². The highest BCUT2D eigenvalue weighted by Crippen LogP contribution is 2.14. The summed E-state index contributed by atoms with van der Waals surface area (Å²) in [5.41, 5.74) is 0.591. The number of halogens is 1. The average molecular weight is 222 g/mol. The molecule has 0 N–H and O–H groups in total. The molecular weight excluding hydrogens is 211 g/mol. The first-order chi connectivity index (χ1) is 7.70. The van der Waals surface area contributed by atoms with Gasteiger partial charge in [0.15, 0.2) is 0 Å². The molecule has 0 radical (unpaired) electrons. The van der Waals surface area contributed by atoms with Crippen LogP contribution in [0.5, 0.6) is 0 Å². The number of carbonyl (C=O) groups excluding carboxylic acids is 1. The Morgan fingerprint density at radius 2 is 2.38 bits per heavy atom. The van der Waals surface area contributed by atoms with Crippen LogP contribution in [-0.2, 0) is 16.1 Å². The van der Waals surface area contributed by atoms with E-state index in [-0.39, 0.29) is 18.3 Å².